The first-order chi connectivity index (χ1) is 12.8. The summed E-state index contributed by atoms with van der Waals surface area (Å²) < 4.78 is 11.6. The number of aromatic nitrogens is 1. The zero-order valence-corrected chi connectivity index (χ0v) is 18.5. The Balaban J connectivity index is 0.00000210. The number of aliphatic imine (C=N–C) groups is 1. The van der Waals surface area contributed by atoms with Crippen LogP contribution in [0, 0.1) is 5.41 Å². The average Bonchev–Trinajstić information content (AvgIpc) is 3.41. The van der Waals surface area contributed by atoms with Gasteiger partial charge in [0.2, 0.25) is 5.88 Å². The van der Waals surface area contributed by atoms with Crippen LogP contribution in [0.15, 0.2) is 23.3 Å². The lowest BCUT2D eigenvalue weighted by molar-refractivity contribution is 0.156. The van der Waals surface area contributed by atoms with Gasteiger partial charge in [0, 0.05) is 51.0 Å². The third-order valence-electron chi connectivity index (χ3n) is 5.97. The van der Waals surface area contributed by atoms with Crippen LogP contribution in [0.3, 0.4) is 0 Å². The zero-order chi connectivity index (χ0) is 17.8. The van der Waals surface area contributed by atoms with Crippen molar-refractivity contribution in [2.45, 2.75) is 51.2 Å². The van der Waals surface area contributed by atoms with Gasteiger partial charge in [0.1, 0.15) is 6.10 Å². The van der Waals surface area contributed by atoms with Gasteiger partial charge in [0.15, 0.2) is 5.96 Å². The molecule has 0 aromatic carbocycles. The second kappa shape index (κ2) is 9.41. The number of ether oxygens (including phenoxy) is 2. The highest BCUT2D eigenvalue weighted by atomic mass is 127. The minimum absolute atomic E-state index is 0. The number of pyridine rings is 1. The molecular weight excluding hydrogens is 455 g/mol. The molecule has 0 radical (unpaired) electrons. The van der Waals surface area contributed by atoms with Crippen LogP contribution in [-0.4, -0.2) is 55.3 Å². The summed E-state index contributed by atoms with van der Waals surface area (Å²) in [7, 11) is 1.86. The fraction of sp³-hybridized carbons (Fsp3) is 0.700. The maximum atomic E-state index is 5.94. The van der Waals surface area contributed by atoms with Crippen molar-refractivity contribution in [2.24, 2.45) is 10.4 Å². The predicted octanol–water partition coefficient (Wildman–Crippen LogP) is 3.21. The van der Waals surface area contributed by atoms with Crippen LogP contribution in [0.5, 0.6) is 5.88 Å². The molecule has 150 valence electrons. The molecule has 4 rings (SSSR count). The Kier molecular flexibility index (Phi) is 7.19. The second-order valence-corrected chi connectivity index (χ2v) is 7.90. The lowest BCUT2D eigenvalue weighted by Gasteiger charge is -2.25. The van der Waals surface area contributed by atoms with Gasteiger partial charge >= 0.3 is 0 Å². The van der Waals surface area contributed by atoms with Crippen molar-refractivity contribution in [1.29, 1.82) is 0 Å². The molecule has 1 aliphatic carbocycles. The molecule has 2 aliphatic heterocycles. The molecule has 3 aliphatic rings. The third kappa shape index (κ3) is 5.04. The lowest BCUT2D eigenvalue weighted by Crippen LogP contribution is -2.41. The Hall–Kier alpha value is -1.09. The molecule has 1 spiro atoms. The second-order valence-electron chi connectivity index (χ2n) is 7.90. The Morgan fingerprint density at radius 1 is 1.37 bits per heavy atom. The number of guanidine groups is 1. The van der Waals surface area contributed by atoms with Gasteiger partial charge in [0.25, 0.3) is 0 Å². The molecular formula is C20H31IN4O2. The summed E-state index contributed by atoms with van der Waals surface area (Å²) in [6.45, 7) is 4.62. The van der Waals surface area contributed by atoms with E-state index in [1.807, 2.05) is 19.3 Å². The number of rotatable bonds is 4. The molecule has 1 aromatic rings. The first-order valence-electron chi connectivity index (χ1n) is 9.91. The quantitative estimate of drug-likeness (QED) is 0.403. The van der Waals surface area contributed by atoms with E-state index in [0.717, 1.165) is 63.1 Å². The van der Waals surface area contributed by atoms with Crippen LogP contribution >= 0.6 is 24.0 Å². The van der Waals surface area contributed by atoms with E-state index in [0.29, 0.717) is 11.5 Å². The standard InChI is InChI=1S/C20H30N4O2.HI/c1-21-19(24-10-8-20(14-24)9-11-25-15-20)23-13-16-6-7-18(22-12-16)26-17-4-2-3-5-17;/h6-7,12,17H,2-5,8-11,13-15H2,1H3,(H,21,23);1H. The normalized spacial score (nSPS) is 25.8. The van der Waals surface area contributed by atoms with Crippen LogP contribution in [-0.2, 0) is 11.3 Å². The van der Waals surface area contributed by atoms with Gasteiger partial charge in [-0.3, -0.25) is 4.99 Å². The van der Waals surface area contributed by atoms with E-state index in [1.54, 1.807) is 0 Å². The zero-order valence-electron chi connectivity index (χ0n) is 16.2. The highest BCUT2D eigenvalue weighted by Gasteiger charge is 2.42. The van der Waals surface area contributed by atoms with Gasteiger partial charge in [-0.15, -0.1) is 24.0 Å². The van der Waals surface area contributed by atoms with Gasteiger partial charge in [-0.1, -0.05) is 6.07 Å². The van der Waals surface area contributed by atoms with Crippen LogP contribution in [0.25, 0.3) is 0 Å². The molecule has 7 heteroatoms. The predicted molar refractivity (Wildman–Crippen MR) is 117 cm³/mol. The van der Waals surface area contributed by atoms with E-state index in [4.69, 9.17) is 9.47 Å². The number of halogens is 1. The first kappa shape index (κ1) is 20.6. The van der Waals surface area contributed by atoms with Gasteiger partial charge < -0.3 is 19.7 Å². The maximum absolute atomic E-state index is 5.94. The molecule has 0 amide bonds. The Morgan fingerprint density at radius 2 is 2.22 bits per heavy atom. The SMILES string of the molecule is CN=C(NCc1ccc(OC2CCCC2)nc1)N1CCC2(CCOC2)C1.I. The third-order valence-corrected chi connectivity index (χ3v) is 5.97. The number of hydrogen-bond acceptors (Lipinski definition) is 4. The van der Waals surface area contributed by atoms with E-state index in [-0.39, 0.29) is 24.0 Å². The van der Waals surface area contributed by atoms with Crippen molar-refractivity contribution in [2.75, 3.05) is 33.4 Å². The fourth-order valence-corrected chi connectivity index (χ4v) is 4.36. The van der Waals surface area contributed by atoms with E-state index in [2.05, 4.69) is 26.3 Å². The molecule has 0 bridgehead atoms. The fourth-order valence-electron chi connectivity index (χ4n) is 4.36. The van der Waals surface area contributed by atoms with Crippen molar-refractivity contribution in [3.8, 4) is 5.88 Å². The van der Waals surface area contributed by atoms with Crippen LogP contribution < -0.4 is 10.1 Å². The summed E-state index contributed by atoms with van der Waals surface area (Å²) in [6.07, 6.45) is 9.49. The summed E-state index contributed by atoms with van der Waals surface area (Å²) in [5, 5.41) is 3.48. The van der Waals surface area contributed by atoms with Crippen molar-refractivity contribution >= 4 is 29.9 Å². The summed E-state index contributed by atoms with van der Waals surface area (Å²) in [5.41, 5.74) is 1.49. The van der Waals surface area contributed by atoms with E-state index in [1.165, 1.54) is 25.7 Å². The summed E-state index contributed by atoms with van der Waals surface area (Å²) in [5.74, 6) is 1.72. The van der Waals surface area contributed by atoms with Crippen LogP contribution in [0.2, 0.25) is 0 Å². The van der Waals surface area contributed by atoms with Crippen LogP contribution in [0.1, 0.15) is 44.1 Å². The molecule has 1 unspecified atom stereocenters. The highest BCUT2D eigenvalue weighted by Crippen LogP contribution is 2.38. The lowest BCUT2D eigenvalue weighted by atomic mass is 9.87. The largest absolute Gasteiger partial charge is 0.474 e. The van der Waals surface area contributed by atoms with Gasteiger partial charge in [-0.25, -0.2) is 4.98 Å². The van der Waals surface area contributed by atoms with E-state index < -0.39 is 0 Å². The highest BCUT2D eigenvalue weighted by molar-refractivity contribution is 14.0. The summed E-state index contributed by atoms with van der Waals surface area (Å²) >= 11 is 0. The van der Waals surface area contributed by atoms with Gasteiger partial charge in [-0.2, -0.15) is 0 Å². The number of nitrogens with zero attached hydrogens (tertiary/aromatic N) is 3. The van der Waals surface area contributed by atoms with E-state index >= 15 is 0 Å². The van der Waals surface area contributed by atoms with Crippen molar-refractivity contribution in [3.63, 3.8) is 0 Å². The molecule has 27 heavy (non-hydrogen) atoms. The molecule has 1 atom stereocenters. The number of nitrogens with one attached hydrogen (secondary N) is 1. The monoisotopic (exact) mass is 486 g/mol. The summed E-state index contributed by atoms with van der Waals surface area (Å²) in [4.78, 5) is 11.3. The Bertz CT molecular complexity index is 625. The molecule has 1 aromatic heterocycles. The van der Waals surface area contributed by atoms with Crippen molar-refractivity contribution in [3.05, 3.63) is 23.9 Å². The Morgan fingerprint density at radius 3 is 2.89 bits per heavy atom. The van der Waals surface area contributed by atoms with Gasteiger partial charge in [0.05, 0.1) is 6.61 Å². The minimum Gasteiger partial charge on any atom is -0.474 e. The van der Waals surface area contributed by atoms with Crippen molar-refractivity contribution in [1.82, 2.24) is 15.2 Å². The topological polar surface area (TPSA) is 59.0 Å². The molecule has 1 N–H and O–H groups in total. The smallest absolute Gasteiger partial charge is 0.213 e. The van der Waals surface area contributed by atoms with E-state index in [9.17, 15) is 0 Å². The average molecular weight is 486 g/mol. The molecule has 1 saturated carbocycles. The molecule has 3 fully saturated rings. The molecule has 3 heterocycles. The van der Waals surface area contributed by atoms with Crippen LogP contribution in [0.4, 0.5) is 0 Å². The summed E-state index contributed by atoms with van der Waals surface area (Å²) in [6, 6.07) is 4.08. The number of hydrogen-bond donors (Lipinski definition) is 1. The number of likely N-dealkylation sites (tertiary alicyclic amines) is 1. The molecule has 2 saturated heterocycles. The maximum Gasteiger partial charge on any atom is 0.213 e. The molecule has 6 nitrogen and oxygen atoms in total. The first-order valence-corrected chi connectivity index (χ1v) is 9.91. The minimum atomic E-state index is 0. The van der Waals surface area contributed by atoms with Crippen molar-refractivity contribution < 1.29 is 9.47 Å². The Labute approximate surface area is 179 Å². The van der Waals surface area contributed by atoms with Gasteiger partial charge in [-0.05, 0) is 44.1 Å².